The summed E-state index contributed by atoms with van der Waals surface area (Å²) in [5.74, 6) is 0. The normalized spacial score (nSPS) is 10.6. The molecule has 0 radical (unpaired) electrons. The molecule has 2 heteroatoms. The van der Waals surface area contributed by atoms with E-state index < -0.39 is 0 Å². The first-order chi connectivity index (χ1) is 5.81. The van der Waals surface area contributed by atoms with E-state index in [1.165, 1.54) is 12.8 Å². The van der Waals surface area contributed by atoms with Crippen molar-refractivity contribution in [2.24, 2.45) is 0 Å². The molecule has 12 heavy (non-hydrogen) atoms. The van der Waals surface area contributed by atoms with E-state index in [-0.39, 0.29) is 0 Å². The summed E-state index contributed by atoms with van der Waals surface area (Å²) in [5, 5.41) is 8.54. The molecule has 0 amide bonds. The molecule has 0 aliphatic rings. The Kier molecular flexibility index (Phi) is 8.51. The maximum atomic E-state index is 8.54. The van der Waals surface area contributed by atoms with Gasteiger partial charge in [-0.3, -0.25) is 0 Å². The summed E-state index contributed by atoms with van der Waals surface area (Å²) in [6, 6.07) is 0. The van der Waals surface area contributed by atoms with Gasteiger partial charge in [-0.05, 0) is 26.4 Å². The van der Waals surface area contributed by atoms with E-state index in [2.05, 4.69) is 18.5 Å². The third-order valence-electron chi connectivity index (χ3n) is 1.89. The fourth-order valence-corrected chi connectivity index (χ4v) is 1.16. The maximum absolute atomic E-state index is 8.54. The average Bonchev–Trinajstić information content (AvgIpc) is 2.05. The van der Waals surface area contributed by atoms with Crippen LogP contribution in [0.25, 0.3) is 0 Å². The van der Waals surface area contributed by atoms with Crippen molar-refractivity contribution in [1.29, 1.82) is 0 Å². The molecule has 0 atom stereocenters. The minimum Gasteiger partial charge on any atom is -0.396 e. The molecule has 0 aromatic heterocycles. The molecule has 0 spiro atoms. The molecule has 0 bridgehead atoms. The summed E-state index contributed by atoms with van der Waals surface area (Å²) in [5.41, 5.74) is 0. The molecule has 0 saturated heterocycles. The van der Waals surface area contributed by atoms with E-state index in [1.54, 1.807) is 0 Å². The summed E-state index contributed by atoms with van der Waals surface area (Å²) >= 11 is 0. The number of aliphatic hydroxyl groups is 1. The smallest absolute Gasteiger partial charge is 0.0431 e. The fourth-order valence-electron chi connectivity index (χ4n) is 1.16. The van der Waals surface area contributed by atoms with Crippen LogP contribution in [0.5, 0.6) is 0 Å². The highest BCUT2D eigenvalue weighted by Crippen LogP contribution is 1.99. The van der Waals surface area contributed by atoms with Gasteiger partial charge in [0.15, 0.2) is 0 Å². The summed E-state index contributed by atoms with van der Waals surface area (Å²) in [6.07, 6.45) is 6.48. The van der Waals surface area contributed by atoms with E-state index in [4.69, 9.17) is 5.11 Å². The van der Waals surface area contributed by atoms with Crippen LogP contribution in [-0.2, 0) is 0 Å². The molecule has 0 aliphatic carbocycles. The standard InChI is InChI=1S/C10H21NO/c1-3-8-11(2)9-6-4-5-7-10-12/h3,12H,1,4-10H2,2H3. The van der Waals surface area contributed by atoms with Crippen molar-refractivity contribution in [3.05, 3.63) is 12.7 Å². The SMILES string of the molecule is C=CCN(C)CCCCCCO. The number of likely N-dealkylation sites (N-methyl/N-ethyl adjacent to an activating group) is 1. The molecular formula is C10H21NO. The minimum absolute atomic E-state index is 0.336. The lowest BCUT2D eigenvalue weighted by Gasteiger charge is -2.13. The lowest BCUT2D eigenvalue weighted by molar-refractivity contribution is 0.280. The van der Waals surface area contributed by atoms with Crippen molar-refractivity contribution < 1.29 is 5.11 Å². The van der Waals surface area contributed by atoms with Crippen LogP contribution in [0.1, 0.15) is 25.7 Å². The van der Waals surface area contributed by atoms with Crippen LogP contribution >= 0.6 is 0 Å². The Balaban J connectivity index is 3.02. The highest BCUT2D eigenvalue weighted by atomic mass is 16.2. The minimum atomic E-state index is 0.336. The van der Waals surface area contributed by atoms with Gasteiger partial charge < -0.3 is 10.0 Å². The third kappa shape index (κ3) is 7.76. The molecule has 0 saturated carbocycles. The van der Waals surface area contributed by atoms with Gasteiger partial charge in [0.25, 0.3) is 0 Å². The van der Waals surface area contributed by atoms with Crippen LogP contribution in [0.4, 0.5) is 0 Å². The molecule has 0 aliphatic heterocycles. The maximum Gasteiger partial charge on any atom is 0.0431 e. The Morgan fingerprint density at radius 2 is 1.92 bits per heavy atom. The highest BCUT2D eigenvalue weighted by molar-refractivity contribution is 4.70. The molecular weight excluding hydrogens is 150 g/mol. The summed E-state index contributed by atoms with van der Waals surface area (Å²) < 4.78 is 0. The van der Waals surface area contributed by atoms with E-state index >= 15 is 0 Å². The molecule has 1 N–H and O–H groups in total. The summed E-state index contributed by atoms with van der Waals surface area (Å²) in [6.45, 7) is 6.13. The Morgan fingerprint density at radius 3 is 2.50 bits per heavy atom. The fraction of sp³-hybridized carbons (Fsp3) is 0.800. The molecule has 0 aromatic carbocycles. The molecule has 0 heterocycles. The van der Waals surface area contributed by atoms with Gasteiger partial charge in [-0.2, -0.15) is 0 Å². The van der Waals surface area contributed by atoms with Crippen molar-refractivity contribution in [2.75, 3.05) is 26.7 Å². The third-order valence-corrected chi connectivity index (χ3v) is 1.89. The zero-order chi connectivity index (χ0) is 9.23. The lowest BCUT2D eigenvalue weighted by atomic mass is 10.2. The van der Waals surface area contributed by atoms with Crippen molar-refractivity contribution in [3.8, 4) is 0 Å². The zero-order valence-corrected chi connectivity index (χ0v) is 8.13. The first kappa shape index (κ1) is 11.7. The molecule has 0 aromatic rings. The van der Waals surface area contributed by atoms with Gasteiger partial charge in [0.1, 0.15) is 0 Å². The molecule has 0 fully saturated rings. The van der Waals surface area contributed by atoms with Crippen LogP contribution in [0, 0.1) is 0 Å². The van der Waals surface area contributed by atoms with E-state index in [9.17, 15) is 0 Å². The topological polar surface area (TPSA) is 23.5 Å². The summed E-state index contributed by atoms with van der Waals surface area (Å²) in [7, 11) is 2.10. The van der Waals surface area contributed by atoms with E-state index in [1.807, 2.05) is 6.08 Å². The molecule has 0 unspecified atom stereocenters. The van der Waals surface area contributed by atoms with Gasteiger partial charge in [0.05, 0.1) is 0 Å². The van der Waals surface area contributed by atoms with Crippen LogP contribution in [0.2, 0.25) is 0 Å². The zero-order valence-electron chi connectivity index (χ0n) is 8.13. The number of nitrogens with zero attached hydrogens (tertiary/aromatic N) is 1. The van der Waals surface area contributed by atoms with Gasteiger partial charge >= 0.3 is 0 Å². The first-order valence-corrected chi connectivity index (χ1v) is 4.71. The monoisotopic (exact) mass is 171 g/mol. The van der Waals surface area contributed by atoms with Gasteiger partial charge in [-0.1, -0.05) is 18.9 Å². The van der Waals surface area contributed by atoms with Gasteiger partial charge in [-0.15, -0.1) is 6.58 Å². The van der Waals surface area contributed by atoms with Crippen molar-refractivity contribution >= 4 is 0 Å². The number of hydrogen-bond donors (Lipinski definition) is 1. The first-order valence-electron chi connectivity index (χ1n) is 4.71. The Labute approximate surface area is 75.9 Å². The second kappa shape index (κ2) is 8.75. The Hall–Kier alpha value is -0.340. The second-order valence-electron chi connectivity index (χ2n) is 3.19. The number of unbranched alkanes of at least 4 members (excludes halogenated alkanes) is 3. The van der Waals surface area contributed by atoms with Gasteiger partial charge in [0, 0.05) is 13.2 Å². The van der Waals surface area contributed by atoms with Gasteiger partial charge in [-0.25, -0.2) is 0 Å². The quantitative estimate of drug-likeness (QED) is 0.443. The van der Waals surface area contributed by atoms with Crippen molar-refractivity contribution in [1.82, 2.24) is 4.90 Å². The lowest BCUT2D eigenvalue weighted by Crippen LogP contribution is -2.19. The van der Waals surface area contributed by atoms with Crippen LogP contribution < -0.4 is 0 Å². The second-order valence-corrected chi connectivity index (χ2v) is 3.19. The predicted octanol–water partition coefficient (Wildman–Crippen LogP) is 1.66. The largest absolute Gasteiger partial charge is 0.396 e. The van der Waals surface area contributed by atoms with Crippen molar-refractivity contribution in [3.63, 3.8) is 0 Å². The number of aliphatic hydroxyl groups excluding tert-OH is 1. The molecule has 0 rings (SSSR count). The highest BCUT2D eigenvalue weighted by Gasteiger charge is 1.94. The number of hydrogen-bond acceptors (Lipinski definition) is 2. The van der Waals surface area contributed by atoms with Crippen LogP contribution in [0.3, 0.4) is 0 Å². The summed E-state index contributed by atoms with van der Waals surface area (Å²) in [4.78, 5) is 2.26. The van der Waals surface area contributed by atoms with E-state index in [0.29, 0.717) is 6.61 Å². The van der Waals surface area contributed by atoms with Crippen LogP contribution in [0.15, 0.2) is 12.7 Å². The Morgan fingerprint density at radius 1 is 1.25 bits per heavy atom. The predicted molar refractivity (Wildman–Crippen MR) is 53.2 cm³/mol. The van der Waals surface area contributed by atoms with Crippen molar-refractivity contribution in [2.45, 2.75) is 25.7 Å². The molecule has 72 valence electrons. The van der Waals surface area contributed by atoms with E-state index in [0.717, 1.165) is 25.9 Å². The van der Waals surface area contributed by atoms with Crippen LogP contribution in [-0.4, -0.2) is 36.8 Å². The Bertz CT molecular complexity index is 104. The van der Waals surface area contributed by atoms with Gasteiger partial charge in [0.2, 0.25) is 0 Å². The molecule has 2 nitrogen and oxygen atoms in total. The average molecular weight is 171 g/mol. The number of rotatable bonds is 8.